The molecule has 0 spiro atoms. The van der Waals surface area contributed by atoms with Crippen molar-refractivity contribution >= 4 is 29.2 Å². The van der Waals surface area contributed by atoms with Gasteiger partial charge in [-0.3, -0.25) is 14.5 Å². The first kappa shape index (κ1) is 17.5. The molecule has 0 saturated heterocycles. The molecule has 2 aromatic rings. The Bertz CT molecular complexity index is 925. The summed E-state index contributed by atoms with van der Waals surface area (Å²) in [6, 6.07) is 5.54. The fourth-order valence-corrected chi connectivity index (χ4v) is 2.84. The highest BCUT2D eigenvalue weighted by Crippen LogP contribution is 2.36. The number of benzene rings is 1. The highest BCUT2D eigenvalue weighted by Gasteiger charge is 2.41. The second kappa shape index (κ2) is 6.55. The Morgan fingerprint density at radius 1 is 1.27 bits per heavy atom. The Kier molecular flexibility index (Phi) is 4.41. The molecule has 1 aliphatic rings. The Hall–Kier alpha value is -3.29. The summed E-state index contributed by atoms with van der Waals surface area (Å²) in [5, 5.41) is 0. The van der Waals surface area contributed by atoms with Crippen molar-refractivity contribution in [3.8, 4) is 0 Å². The fourth-order valence-electron chi connectivity index (χ4n) is 2.84. The smallest absolute Gasteiger partial charge is 0.342 e. The Morgan fingerprint density at radius 3 is 2.54 bits per heavy atom. The molecule has 1 aromatic carbocycles. The lowest BCUT2D eigenvalue weighted by atomic mass is 10.1. The molecule has 0 bridgehead atoms. The Morgan fingerprint density at radius 2 is 1.92 bits per heavy atom. The normalized spacial score (nSPS) is 13.1. The molecule has 2 N–H and O–H groups in total. The van der Waals surface area contributed by atoms with Crippen molar-refractivity contribution in [1.82, 2.24) is 4.98 Å². The third-order valence-corrected chi connectivity index (χ3v) is 4.05. The number of halogens is 1. The molecule has 1 aromatic heterocycles. The van der Waals surface area contributed by atoms with E-state index in [9.17, 15) is 18.8 Å². The van der Waals surface area contributed by atoms with Gasteiger partial charge in [0.15, 0.2) is 0 Å². The highest BCUT2D eigenvalue weighted by atomic mass is 19.1. The fraction of sp³-hybridized carbons (Fsp3) is 0.222. The number of nitrogens with two attached hydrogens (primary N) is 1. The molecule has 0 unspecified atom stereocenters. The van der Waals surface area contributed by atoms with E-state index in [0.717, 1.165) is 0 Å². The number of rotatable bonds is 4. The summed E-state index contributed by atoms with van der Waals surface area (Å²) < 4.78 is 18.0. The molecule has 2 heterocycles. The summed E-state index contributed by atoms with van der Waals surface area (Å²) >= 11 is 0. The number of hydrogen-bond acceptors (Lipinski definition) is 6. The number of amides is 1. The van der Waals surface area contributed by atoms with Gasteiger partial charge in [-0.25, -0.2) is 14.2 Å². The molecular formula is C18H16FN3O4. The maximum absolute atomic E-state index is 13.1. The van der Waals surface area contributed by atoms with E-state index in [1.54, 1.807) is 13.8 Å². The van der Waals surface area contributed by atoms with Gasteiger partial charge in [0, 0.05) is 0 Å². The average Bonchev–Trinajstić information content (AvgIpc) is 2.82. The standard InChI is InChI=1S/C18H16FN3O4/c1-3-26-18(25)12-9(2)21-16-13(14(12)20)15(23)17(24)22(16)8-10-4-6-11(19)7-5-10/h4-7H,3,8H2,1-2H3,(H2,20,21). The first-order valence-electron chi connectivity index (χ1n) is 7.93. The van der Waals surface area contributed by atoms with E-state index >= 15 is 0 Å². The number of nitrogens with zero attached hydrogens (tertiary/aromatic N) is 2. The molecule has 134 valence electrons. The van der Waals surface area contributed by atoms with Gasteiger partial charge in [-0.1, -0.05) is 12.1 Å². The van der Waals surface area contributed by atoms with Crippen molar-refractivity contribution in [2.75, 3.05) is 17.2 Å². The number of ether oxygens (including phenoxy) is 1. The largest absolute Gasteiger partial charge is 0.462 e. The van der Waals surface area contributed by atoms with Crippen LogP contribution in [0.2, 0.25) is 0 Å². The number of pyridine rings is 1. The van der Waals surface area contributed by atoms with Gasteiger partial charge in [0.1, 0.15) is 17.2 Å². The minimum absolute atomic E-state index is 0.0182. The van der Waals surface area contributed by atoms with E-state index in [-0.39, 0.29) is 41.5 Å². The quantitative estimate of drug-likeness (QED) is 0.663. The van der Waals surface area contributed by atoms with Crippen LogP contribution in [0.1, 0.15) is 38.9 Å². The molecule has 0 saturated carbocycles. The van der Waals surface area contributed by atoms with Crippen LogP contribution >= 0.6 is 0 Å². The molecule has 0 aliphatic carbocycles. The monoisotopic (exact) mass is 357 g/mol. The summed E-state index contributed by atoms with van der Waals surface area (Å²) in [7, 11) is 0. The van der Waals surface area contributed by atoms with E-state index < -0.39 is 23.5 Å². The third-order valence-electron chi connectivity index (χ3n) is 4.05. The van der Waals surface area contributed by atoms with Gasteiger partial charge in [-0.05, 0) is 31.5 Å². The van der Waals surface area contributed by atoms with Gasteiger partial charge < -0.3 is 10.5 Å². The van der Waals surface area contributed by atoms with E-state index in [0.29, 0.717) is 5.56 Å². The SMILES string of the molecule is CCOC(=O)c1c(C)nc2c(c1N)C(=O)C(=O)N2Cc1ccc(F)cc1. The number of fused-ring (bicyclic) bond motifs is 1. The number of carbonyl (C=O) groups is 3. The van der Waals surface area contributed by atoms with Crippen molar-refractivity contribution in [2.45, 2.75) is 20.4 Å². The number of carbonyl (C=O) groups excluding carboxylic acids is 3. The summed E-state index contributed by atoms with van der Waals surface area (Å²) in [6.07, 6.45) is 0. The molecule has 0 fully saturated rings. The van der Waals surface area contributed by atoms with Gasteiger partial charge in [0.05, 0.1) is 30.1 Å². The Labute approximate surface area is 148 Å². The van der Waals surface area contributed by atoms with Crippen LogP contribution in [0.5, 0.6) is 0 Å². The molecule has 8 heteroatoms. The van der Waals surface area contributed by atoms with Crippen LogP contribution in [-0.2, 0) is 16.1 Å². The lowest BCUT2D eigenvalue weighted by Crippen LogP contribution is -2.29. The number of hydrogen-bond donors (Lipinski definition) is 1. The van der Waals surface area contributed by atoms with Crippen LogP contribution in [-0.4, -0.2) is 29.3 Å². The Balaban J connectivity index is 2.06. The zero-order valence-electron chi connectivity index (χ0n) is 14.2. The second-order valence-electron chi connectivity index (χ2n) is 5.75. The van der Waals surface area contributed by atoms with Crippen LogP contribution in [0, 0.1) is 12.7 Å². The minimum atomic E-state index is -0.835. The second-order valence-corrected chi connectivity index (χ2v) is 5.75. The third kappa shape index (κ3) is 2.79. The average molecular weight is 357 g/mol. The van der Waals surface area contributed by atoms with Crippen molar-refractivity contribution < 1.29 is 23.5 Å². The summed E-state index contributed by atoms with van der Waals surface area (Å²) in [5.74, 6) is -2.65. The van der Waals surface area contributed by atoms with Gasteiger partial charge in [0.25, 0.3) is 5.78 Å². The topological polar surface area (TPSA) is 103 Å². The maximum Gasteiger partial charge on any atom is 0.342 e. The number of nitrogen functional groups attached to an aromatic ring is 1. The molecule has 26 heavy (non-hydrogen) atoms. The molecule has 7 nitrogen and oxygen atoms in total. The molecule has 3 rings (SSSR count). The van der Waals surface area contributed by atoms with E-state index in [1.165, 1.54) is 29.2 Å². The van der Waals surface area contributed by atoms with Crippen molar-refractivity contribution in [2.24, 2.45) is 0 Å². The van der Waals surface area contributed by atoms with Crippen LogP contribution in [0.25, 0.3) is 0 Å². The number of anilines is 2. The predicted octanol–water partition coefficient (Wildman–Crippen LogP) is 2.02. The summed E-state index contributed by atoms with van der Waals surface area (Å²) in [6.45, 7) is 3.36. The predicted molar refractivity (Wildman–Crippen MR) is 91.3 cm³/mol. The first-order chi connectivity index (χ1) is 12.3. The summed E-state index contributed by atoms with van der Waals surface area (Å²) in [5.41, 5.74) is 6.64. The molecule has 1 aliphatic heterocycles. The first-order valence-corrected chi connectivity index (χ1v) is 7.93. The van der Waals surface area contributed by atoms with E-state index in [4.69, 9.17) is 10.5 Å². The number of Topliss-reactive ketones (excluding diaryl/α,β-unsaturated/α-hetero) is 1. The lowest BCUT2D eigenvalue weighted by molar-refractivity contribution is -0.114. The zero-order valence-corrected chi connectivity index (χ0v) is 14.2. The van der Waals surface area contributed by atoms with Crippen LogP contribution in [0.15, 0.2) is 24.3 Å². The van der Waals surface area contributed by atoms with E-state index in [2.05, 4.69) is 4.98 Å². The van der Waals surface area contributed by atoms with Crippen molar-refractivity contribution in [1.29, 1.82) is 0 Å². The molecular weight excluding hydrogens is 341 g/mol. The van der Waals surface area contributed by atoms with Gasteiger partial charge >= 0.3 is 11.9 Å². The molecule has 1 amide bonds. The summed E-state index contributed by atoms with van der Waals surface area (Å²) in [4.78, 5) is 42.3. The molecule has 0 atom stereocenters. The number of aromatic nitrogens is 1. The van der Waals surface area contributed by atoms with E-state index in [1.807, 2.05) is 0 Å². The lowest BCUT2D eigenvalue weighted by Gasteiger charge is -2.17. The van der Waals surface area contributed by atoms with Gasteiger partial charge in [-0.15, -0.1) is 0 Å². The van der Waals surface area contributed by atoms with Crippen molar-refractivity contribution in [3.63, 3.8) is 0 Å². The molecule has 0 radical (unpaired) electrons. The van der Waals surface area contributed by atoms with Crippen molar-refractivity contribution in [3.05, 3.63) is 52.5 Å². The number of esters is 1. The maximum atomic E-state index is 13.1. The number of ketones is 1. The highest BCUT2D eigenvalue weighted by molar-refractivity contribution is 6.53. The van der Waals surface area contributed by atoms with Gasteiger partial charge in [0.2, 0.25) is 0 Å². The van der Waals surface area contributed by atoms with Crippen LogP contribution < -0.4 is 10.6 Å². The van der Waals surface area contributed by atoms with Crippen LogP contribution in [0.4, 0.5) is 15.9 Å². The minimum Gasteiger partial charge on any atom is -0.462 e. The number of aryl methyl sites for hydroxylation is 1. The van der Waals surface area contributed by atoms with Gasteiger partial charge in [-0.2, -0.15) is 0 Å². The van der Waals surface area contributed by atoms with Crippen LogP contribution in [0.3, 0.4) is 0 Å². The zero-order chi connectivity index (χ0) is 19.0.